The van der Waals surface area contributed by atoms with Crippen molar-refractivity contribution in [3.05, 3.63) is 53.3 Å². The molecule has 1 heterocycles. The number of fused-ring (bicyclic) bond motifs is 1. The van der Waals surface area contributed by atoms with E-state index in [9.17, 15) is 9.18 Å². The number of amides is 1. The van der Waals surface area contributed by atoms with E-state index in [2.05, 4.69) is 15.3 Å². The lowest BCUT2D eigenvalue weighted by Gasteiger charge is -2.06. The third-order valence-electron chi connectivity index (χ3n) is 3.35. The molecule has 0 saturated carbocycles. The number of hydrogen-bond donors (Lipinski definition) is 2. The van der Waals surface area contributed by atoms with Crippen LogP contribution in [0.4, 0.5) is 10.1 Å². The van der Waals surface area contributed by atoms with Gasteiger partial charge in [0, 0.05) is 0 Å². The zero-order chi connectivity index (χ0) is 16.4. The molecule has 1 amide bonds. The summed E-state index contributed by atoms with van der Waals surface area (Å²) in [5.41, 5.74) is 4.05. The topological polar surface area (TPSA) is 57.8 Å². The van der Waals surface area contributed by atoms with E-state index in [0.29, 0.717) is 5.16 Å². The Hall–Kier alpha value is -2.34. The highest BCUT2D eigenvalue weighted by atomic mass is 32.2. The summed E-state index contributed by atoms with van der Waals surface area (Å²) in [4.78, 5) is 19.6. The van der Waals surface area contributed by atoms with Gasteiger partial charge in [-0.25, -0.2) is 9.37 Å². The summed E-state index contributed by atoms with van der Waals surface area (Å²) in [6.45, 7) is 3.86. The Kier molecular flexibility index (Phi) is 4.34. The van der Waals surface area contributed by atoms with Gasteiger partial charge in [0.2, 0.25) is 5.91 Å². The molecule has 0 atom stereocenters. The number of H-pyrrole nitrogens is 1. The van der Waals surface area contributed by atoms with Gasteiger partial charge in [0.25, 0.3) is 0 Å². The van der Waals surface area contributed by atoms with Crippen LogP contribution >= 0.6 is 11.8 Å². The van der Waals surface area contributed by atoms with Crippen molar-refractivity contribution in [2.24, 2.45) is 0 Å². The van der Waals surface area contributed by atoms with Gasteiger partial charge < -0.3 is 10.3 Å². The highest BCUT2D eigenvalue weighted by molar-refractivity contribution is 7.99. The van der Waals surface area contributed by atoms with E-state index in [4.69, 9.17) is 0 Å². The van der Waals surface area contributed by atoms with E-state index < -0.39 is 5.82 Å². The maximum atomic E-state index is 13.6. The summed E-state index contributed by atoms with van der Waals surface area (Å²) in [6.07, 6.45) is 0. The number of anilines is 1. The van der Waals surface area contributed by atoms with Crippen LogP contribution in [-0.2, 0) is 4.79 Å². The summed E-state index contributed by atoms with van der Waals surface area (Å²) in [5.74, 6) is -0.545. The number of carbonyl (C=O) groups excluding carboxylic acids is 1. The second-order valence-electron chi connectivity index (χ2n) is 5.38. The SMILES string of the molecule is Cc1ccc(F)c(NC(=O)CSc2nc3ccc(C)cc3[nH]2)c1. The molecule has 2 N–H and O–H groups in total. The van der Waals surface area contributed by atoms with Crippen LogP contribution in [0.2, 0.25) is 0 Å². The number of aryl methyl sites for hydroxylation is 2. The van der Waals surface area contributed by atoms with Gasteiger partial charge in [-0.1, -0.05) is 23.9 Å². The molecule has 0 saturated heterocycles. The van der Waals surface area contributed by atoms with E-state index >= 15 is 0 Å². The van der Waals surface area contributed by atoms with Crippen molar-refractivity contribution in [2.45, 2.75) is 19.0 Å². The van der Waals surface area contributed by atoms with Gasteiger partial charge in [0.05, 0.1) is 22.5 Å². The molecule has 0 spiro atoms. The minimum Gasteiger partial charge on any atom is -0.333 e. The maximum absolute atomic E-state index is 13.6. The number of aromatic amines is 1. The fourth-order valence-corrected chi connectivity index (χ4v) is 2.91. The number of imidazole rings is 1. The number of aromatic nitrogens is 2. The molecule has 23 heavy (non-hydrogen) atoms. The quantitative estimate of drug-likeness (QED) is 0.710. The molecule has 0 radical (unpaired) electrons. The summed E-state index contributed by atoms with van der Waals surface area (Å²) in [6, 6.07) is 10.6. The van der Waals surface area contributed by atoms with E-state index in [1.807, 2.05) is 32.0 Å². The number of benzene rings is 2. The molecule has 0 bridgehead atoms. The minimum absolute atomic E-state index is 0.159. The standard InChI is InChI=1S/C17H16FN3OS/c1-10-3-5-12(18)14(7-10)19-16(22)9-23-17-20-13-6-4-11(2)8-15(13)21-17/h3-8H,9H2,1-2H3,(H,19,22)(H,20,21). The fraction of sp³-hybridized carbons (Fsp3) is 0.176. The monoisotopic (exact) mass is 329 g/mol. The third-order valence-corrected chi connectivity index (χ3v) is 4.22. The van der Waals surface area contributed by atoms with Crippen molar-refractivity contribution < 1.29 is 9.18 Å². The lowest BCUT2D eigenvalue weighted by atomic mass is 10.2. The fourth-order valence-electron chi connectivity index (χ4n) is 2.22. The van der Waals surface area contributed by atoms with Gasteiger partial charge in [-0.05, 0) is 49.2 Å². The molecule has 3 rings (SSSR count). The minimum atomic E-state index is -0.437. The third kappa shape index (κ3) is 3.71. The van der Waals surface area contributed by atoms with Crippen molar-refractivity contribution in [1.82, 2.24) is 9.97 Å². The van der Waals surface area contributed by atoms with Crippen LogP contribution in [0.25, 0.3) is 11.0 Å². The number of rotatable bonds is 4. The Balaban J connectivity index is 1.64. The van der Waals surface area contributed by atoms with Crippen molar-refractivity contribution in [3.63, 3.8) is 0 Å². The Morgan fingerprint density at radius 2 is 1.96 bits per heavy atom. The van der Waals surface area contributed by atoms with Crippen molar-refractivity contribution in [1.29, 1.82) is 0 Å². The van der Waals surface area contributed by atoms with E-state index in [1.165, 1.54) is 17.8 Å². The van der Waals surface area contributed by atoms with Gasteiger partial charge in [-0.2, -0.15) is 0 Å². The summed E-state index contributed by atoms with van der Waals surface area (Å²) in [7, 11) is 0. The van der Waals surface area contributed by atoms with Crippen LogP contribution in [0, 0.1) is 19.7 Å². The maximum Gasteiger partial charge on any atom is 0.234 e. The number of hydrogen-bond acceptors (Lipinski definition) is 3. The van der Waals surface area contributed by atoms with E-state index in [-0.39, 0.29) is 17.3 Å². The van der Waals surface area contributed by atoms with Gasteiger partial charge in [0.1, 0.15) is 5.82 Å². The van der Waals surface area contributed by atoms with Crippen LogP contribution in [-0.4, -0.2) is 21.6 Å². The smallest absolute Gasteiger partial charge is 0.234 e. The highest BCUT2D eigenvalue weighted by Crippen LogP contribution is 2.21. The van der Waals surface area contributed by atoms with Crippen molar-refractivity contribution in [2.75, 3.05) is 11.1 Å². The first-order valence-corrected chi connectivity index (χ1v) is 8.15. The number of nitrogens with zero attached hydrogens (tertiary/aromatic N) is 1. The molecule has 0 unspecified atom stereocenters. The number of thioether (sulfide) groups is 1. The van der Waals surface area contributed by atoms with Crippen LogP contribution in [0.1, 0.15) is 11.1 Å². The summed E-state index contributed by atoms with van der Waals surface area (Å²) >= 11 is 1.29. The highest BCUT2D eigenvalue weighted by Gasteiger charge is 2.10. The Morgan fingerprint density at radius 3 is 2.78 bits per heavy atom. The van der Waals surface area contributed by atoms with Gasteiger partial charge in [-0.3, -0.25) is 4.79 Å². The zero-order valence-corrected chi connectivity index (χ0v) is 13.6. The molecule has 0 aliphatic heterocycles. The molecule has 0 fully saturated rings. The first kappa shape index (κ1) is 15.6. The first-order chi connectivity index (χ1) is 11.0. The predicted molar refractivity (Wildman–Crippen MR) is 91.3 cm³/mol. The lowest BCUT2D eigenvalue weighted by molar-refractivity contribution is -0.113. The Bertz CT molecular complexity index is 875. The summed E-state index contributed by atoms with van der Waals surface area (Å²) < 4.78 is 13.6. The molecule has 1 aromatic heterocycles. The first-order valence-electron chi connectivity index (χ1n) is 7.16. The Labute approximate surface area is 137 Å². The van der Waals surface area contributed by atoms with Gasteiger partial charge >= 0.3 is 0 Å². The molecule has 4 nitrogen and oxygen atoms in total. The largest absolute Gasteiger partial charge is 0.333 e. The second-order valence-corrected chi connectivity index (χ2v) is 6.35. The van der Waals surface area contributed by atoms with Crippen LogP contribution in [0.3, 0.4) is 0 Å². The second kappa shape index (κ2) is 6.42. The molecule has 6 heteroatoms. The predicted octanol–water partition coefficient (Wildman–Crippen LogP) is 4.05. The average molecular weight is 329 g/mol. The zero-order valence-electron chi connectivity index (χ0n) is 12.8. The molecular weight excluding hydrogens is 313 g/mol. The summed E-state index contributed by atoms with van der Waals surface area (Å²) in [5, 5.41) is 3.26. The van der Waals surface area contributed by atoms with Crippen LogP contribution in [0.5, 0.6) is 0 Å². The molecular formula is C17H16FN3OS. The van der Waals surface area contributed by atoms with E-state index in [0.717, 1.165) is 22.2 Å². The molecule has 0 aliphatic rings. The molecule has 0 aliphatic carbocycles. The number of halogens is 1. The van der Waals surface area contributed by atoms with Gasteiger partial charge in [0.15, 0.2) is 5.16 Å². The molecule has 3 aromatic rings. The van der Waals surface area contributed by atoms with E-state index in [1.54, 1.807) is 12.1 Å². The lowest BCUT2D eigenvalue weighted by Crippen LogP contribution is -2.15. The van der Waals surface area contributed by atoms with Crippen molar-refractivity contribution >= 4 is 34.4 Å². The van der Waals surface area contributed by atoms with Crippen molar-refractivity contribution in [3.8, 4) is 0 Å². The van der Waals surface area contributed by atoms with Gasteiger partial charge in [-0.15, -0.1) is 0 Å². The normalized spacial score (nSPS) is 10.9. The molecule has 2 aromatic carbocycles. The Morgan fingerprint density at radius 1 is 1.22 bits per heavy atom. The average Bonchev–Trinajstić information content (AvgIpc) is 2.91. The number of nitrogens with one attached hydrogen (secondary N) is 2. The number of carbonyl (C=O) groups is 1. The molecule has 118 valence electrons. The van der Waals surface area contributed by atoms with Crippen LogP contribution in [0.15, 0.2) is 41.6 Å². The van der Waals surface area contributed by atoms with Crippen LogP contribution < -0.4 is 5.32 Å².